The lowest BCUT2D eigenvalue weighted by Crippen LogP contribution is -2.84. The second kappa shape index (κ2) is 9.28. The van der Waals surface area contributed by atoms with Crippen LogP contribution >= 0.6 is 0 Å². The van der Waals surface area contributed by atoms with Crippen molar-refractivity contribution >= 4 is 6.71 Å². The molecule has 8 unspecified atom stereocenters. The molecular formula is C30H53BN4. The van der Waals surface area contributed by atoms with Gasteiger partial charge in [-0.15, -0.1) is 0 Å². The van der Waals surface area contributed by atoms with Gasteiger partial charge in [-0.3, -0.25) is 0 Å². The van der Waals surface area contributed by atoms with Crippen LogP contribution < -0.4 is 21.3 Å². The molecule has 0 aromatic heterocycles. The smallest absolute Gasteiger partial charge is 0.183 e. The van der Waals surface area contributed by atoms with Crippen molar-refractivity contribution in [1.82, 2.24) is 21.3 Å². The highest BCUT2D eigenvalue weighted by Crippen LogP contribution is 2.66. The van der Waals surface area contributed by atoms with Gasteiger partial charge in [0.2, 0.25) is 0 Å². The van der Waals surface area contributed by atoms with E-state index in [1.165, 1.54) is 110 Å². The van der Waals surface area contributed by atoms with E-state index < -0.39 is 0 Å². The van der Waals surface area contributed by atoms with E-state index >= 15 is 0 Å². The molecule has 2 saturated carbocycles. The Bertz CT molecular complexity index is 713. The molecule has 0 aromatic carbocycles. The maximum Gasteiger partial charge on any atom is 0.183 e. The first-order chi connectivity index (χ1) is 17.1. The van der Waals surface area contributed by atoms with Crippen LogP contribution in [-0.4, -0.2) is 56.9 Å². The Labute approximate surface area is 215 Å². The van der Waals surface area contributed by atoms with E-state index in [9.17, 15) is 0 Å². The molecule has 4 nitrogen and oxygen atoms in total. The molecule has 35 heavy (non-hydrogen) atoms. The van der Waals surface area contributed by atoms with Crippen molar-refractivity contribution in [2.45, 2.75) is 127 Å². The molecular weight excluding hydrogens is 427 g/mol. The predicted octanol–water partition coefficient (Wildman–Crippen LogP) is 4.41. The van der Waals surface area contributed by atoms with Gasteiger partial charge in [0, 0.05) is 17.5 Å². The summed E-state index contributed by atoms with van der Waals surface area (Å²) in [6.07, 6.45) is 18.8. The van der Waals surface area contributed by atoms with E-state index in [1.807, 2.05) is 0 Å². The molecule has 7 fully saturated rings. The van der Waals surface area contributed by atoms with Crippen LogP contribution in [0.25, 0.3) is 0 Å². The highest BCUT2D eigenvalue weighted by molar-refractivity contribution is 6.64. The molecule has 196 valence electrons. The fourth-order valence-electron chi connectivity index (χ4n) is 12.2. The molecule has 0 aromatic rings. The van der Waals surface area contributed by atoms with Gasteiger partial charge in [0.1, 0.15) is 0 Å². The zero-order valence-corrected chi connectivity index (χ0v) is 22.8. The quantitative estimate of drug-likeness (QED) is 0.420. The lowest BCUT2D eigenvalue weighted by atomic mass is 9.19. The predicted molar refractivity (Wildman–Crippen MR) is 147 cm³/mol. The number of hydrogen-bond donors (Lipinski definition) is 4. The highest BCUT2D eigenvalue weighted by Gasteiger charge is 2.72. The van der Waals surface area contributed by atoms with Gasteiger partial charge in [-0.05, 0) is 119 Å². The fraction of sp³-hybridized carbons (Fsp3) is 1.00. The van der Waals surface area contributed by atoms with Gasteiger partial charge in [-0.2, -0.15) is 0 Å². The average molecular weight is 481 g/mol. The first-order valence-corrected chi connectivity index (χ1v) is 16.1. The van der Waals surface area contributed by atoms with Crippen LogP contribution in [0.2, 0.25) is 5.82 Å². The molecule has 5 saturated heterocycles. The Hall–Kier alpha value is -0.0951. The summed E-state index contributed by atoms with van der Waals surface area (Å²) in [5, 5.41) is 17.2. The molecule has 7 rings (SSSR count). The second-order valence-corrected chi connectivity index (χ2v) is 14.6. The summed E-state index contributed by atoms with van der Waals surface area (Å²) in [5.74, 6) is 5.78. The molecule has 0 radical (unpaired) electrons. The minimum Gasteiger partial charge on any atom is -0.321 e. The maximum absolute atomic E-state index is 4.34. The maximum atomic E-state index is 4.34. The number of piperidine rings is 4. The van der Waals surface area contributed by atoms with E-state index in [4.69, 9.17) is 0 Å². The Balaban J connectivity index is 1.39. The van der Waals surface area contributed by atoms with E-state index in [0.717, 1.165) is 48.1 Å². The SMILES string of the molecule is CC1(C)C2CCCNC2C2(C3CCCNC3B(C3CCCCC3)C3NCCCC32)C2NCCCC21. The molecule has 0 amide bonds. The van der Waals surface area contributed by atoms with E-state index in [1.54, 1.807) is 0 Å². The van der Waals surface area contributed by atoms with E-state index in [0.29, 0.717) is 22.9 Å². The summed E-state index contributed by atoms with van der Waals surface area (Å²) in [7, 11) is 0. The zero-order chi connectivity index (χ0) is 23.6. The van der Waals surface area contributed by atoms with Crippen molar-refractivity contribution in [3.05, 3.63) is 0 Å². The summed E-state index contributed by atoms with van der Waals surface area (Å²) in [6, 6.07) is 1.40. The van der Waals surface area contributed by atoms with Gasteiger partial charge in [-0.1, -0.05) is 51.8 Å². The largest absolute Gasteiger partial charge is 0.321 e. The molecule has 5 aliphatic heterocycles. The summed E-state index contributed by atoms with van der Waals surface area (Å²) in [5.41, 5.74) is 0.851. The molecule has 1 spiro atoms. The van der Waals surface area contributed by atoms with Crippen LogP contribution in [0.4, 0.5) is 0 Å². The summed E-state index contributed by atoms with van der Waals surface area (Å²) < 4.78 is 0. The van der Waals surface area contributed by atoms with Crippen molar-refractivity contribution in [3.8, 4) is 0 Å². The van der Waals surface area contributed by atoms with Gasteiger partial charge in [-0.25, -0.2) is 0 Å². The van der Waals surface area contributed by atoms with Gasteiger partial charge in [0.05, 0.1) is 0 Å². The molecule has 7 aliphatic rings. The van der Waals surface area contributed by atoms with Crippen LogP contribution in [0.1, 0.15) is 97.3 Å². The van der Waals surface area contributed by atoms with Gasteiger partial charge in [0.25, 0.3) is 0 Å². The molecule has 5 heterocycles. The number of nitrogens with one attached hydrogen (secondary N) is 4. The Morgan fingerprint density at radius 1 is 0.514 bits per heavy atom. The zero-order valence-electron chi connectivity index (χ0n) is 22.8. The third-order valence-electron chi connectivity index (χ3n) is 13.2. The Morgan fingerprint density at radius 3 is 1.49 bits per heavy atom. The first kappa shape index (κ1) is 24.0. The van der Waals surface area contributed by atoms with Gasteiger partial charge < -0.3 is 21.3 Å². The lowest BCUT2D eigenvalue weighted by Gasteiger charge is -2.74. The van der Waals surface area contributed by atoms with Gasteiger partial charge in [0.15, 0.2) is 6.71 Å². The van der Waals surface area contributed by atoms with Gasteiger partial charge >= 0.3 is 0 Å². The number of rotatable bonds is 1. The van der Waals surface area contributed by atoms with Crippen molar-refractivity contribution < 1.29 is 0 Å². The van der Waals surface area contributed by atoms with Crippen LogP contribution in [-0.2, 0) is 0 Å². The Morgan fingerprint density at radius 2 is 0.971 bits per heavy atom. The third-order valence-corrected chi connectivity index (χ3v) is 13.2. The minimum absolute atomic E-state index is 0.410. The number of hydrogen-bond acceptors (Lipinski definition) is 4. The third kappa shape index (κ3) is 3.46. The van der Waals surface area contributed by atoms with Crippen molar-refractivity contribution in [1.29, 1.82) is 0 Å². The molecule has 8 atom stereocenters. The highest BCUT2D eigenvalue weighted by atomic mass is 15.1. The van der Waals surface area contributed by atoms with Crippen LogP contribution in [0.5, 0.6) is 0 Å². The average Bonchev–Trinajstić information content (AvgIpc) is 2.92. The lowest BCUT2D eigenvalue weighted by molar-refractivity contribution is -0.180. The standard InChI is InChI=1S/C30H53BN4/c1-29(2)21-12-6-16-32-25(21)30(26-22(29)13-7-17-33-26)23-14-8-18-34-27(23)31(20-10-4-3-5-11-20)28-24(30)15-9-19-35-28/h20-28,32-35H,3-19H2,1-2H3. The normalized spacial score (nSPS) is 50.1. The summed E-state index contributed by atoms with van der Waals surface area (Å²) in [6.45, 7) is 11.2. The summed E-state index contributed by atoms with van der Waals surface area (Å²) in [4.78, 5) is 0. The topological polar surface area (TPSA) is 48.1 Å². The minimum atomic E-state index is 0.410. The van der Waals surface area contributed by atoms with E-state index in [2.05, 4.69) is 35.1 Å². The van der Waals surface area contributed by atoms with Crippen molar-refractivity contribution in [2.24, 2.45) is 34.5 Å². The number of fused-ring (bicyclic) bond motifs is 8. The second-order valence-electron chi connectivity index (χ2n) is 14.6. The van der Waals surface area contributed by atoms with Crippen LogP contribution in [0, 0.1) is 34.5 Å². The van der Waals surface area contributed by atoms with Crippen molar-refractivity contribution in [2.75, 3.05) is 26.2 Å². The molecule has 0 bridgehead atoms. The fourth-order valence-corrected chi connectivity index (χ4v) is 12.2. The molecule has 5 heteroatoms. The Kier molecular flexibility index (Phi) is 6.36. The van der Waals surface area contributed by atoms with Crippen LogP contribution in [0.15, 0.2) is 0 Å². The van der Waals surface area contributed by atoms with E-state index in [-0.39, 0.29) is 0 Å². The van der Waals surface area contributed by atoms with Crippen molar-refractivity contribution in [3.63, 3.8) is 0 Å². The van der Waals surface area contributed by atoms with Crippen LogP contribution in [0.3, 0.4) is 0 Å². The molecule has 4 N–H and O–H groups in total. The first-order valence-electron chi connectivity index (χ1n) is 16.1. The summed E-state index contributed by atoms with van der Waals surface area (Å²) >= 11 is 0. The monoisotopic (exact) mass is 480 g/mol. The molecule has 2 aliphatic carbocycles.